The van der Waals surface area contributed by atoms with Crippen molar-refractivity contribution in [1.82, 2.24) is 9.78 Å². The van der Waals surface area contributed by atoms with Crippen molar-refractivity contribution in [2.75, 3.05) is 17.6 Å². The van der Waals surface area contributed by atoms with E-state index in [-0.39, 0.29) is 0 Å². The highest BCUT2D eigenvalue weighted by atomic mass is 79.9. The molecule has 5 heteroatoms. The van der Waals surface area contributed by atoms with Crippen LogP contribution in [0.2, 0.25) is 0 Å². The van der Waals surface area contributed by atoms with Crippen molar-refractivity contribution >= 4 is 27.3 Å². The van der Waals surface area contributed by atoms with Gasteiger partial charge >= 0.3 is 0 Å². The zero-order valence-corrected chi connectivity index (χ0v) is 11.2. The molecule has 0 saturated carbocycles. The van der Waals surface area contributed by atoms with Crippen LogP contribution in [0.1, 0.15) is 5.56 Å². The SMILES string of the molecule is Cc1cnn(CCNc2cc(Br)ccc2N)c1. The van der Waals surface area contributed by atoms with Crippen molar-refractivity contribution in [3.8, 4) is 0 Å². The van der Waals surface area contributed by atoms with Crippen LogP contribution in [0.3, 0.4) is 0 Å². The van der Waals surface area contributed by atoms with Crippen LogP contribution in [0.4, 0.5) is 11.4 Å². The van der Waals surface area contributed by atoms with Crippen molar-refractivity contribution in [3.63, 3.8) is 0 Å². The molecule has 0 saturated heterocycles. The fraction of sp³-hybridized carbons (Fsp3) is 0.250. The van der Waals surface area contributed by atoms with Gasteiger partial charge in [-0.3, -0.25) is 4.68 Å². The van der Waals surface area contributed by atoms with E-state index in [1.807, 2.05) is 42.2 Å². The van der Waals surface area contributed by atoms with Crippen molar-refractivity contribution in [3.05, 3.63) is 40.6 Å². The summed E-state index contributed by atoms with van der Waals surface area (Å²) in [6.07, 6.45) is 3.87. The van der Waals surface area contributed by atoms with Gasteiger partial charge in [-0.05, 0) is 30.7 Å². The summed E-state index contributed by atoms with van der Waals surface area (Å²) in [5, 5.41) is 7.52. The minimum Gasteiger partial charge on any atom is -0.397 e. The summed E-state index contributed by atoms with van der Waals surface area (Å²) >= 11 is 3.42. The van der Waals surface area contributed by atoms with Crippen LogP contribution in [0.25, 0.3) is 0 Å². The molecule has 4 nitrogen and oxygen atoms in total. The smallest absolute Gasteiger partial charge is 0.0585 e. The third kappa shape index (κ3) is 3.23. The predicted molar refractivity (Wildman–Crippen MR) is 74.0 cm³/mol. The fourth-order valence-corrected chi connectivity index (χ4v) is 1.94. The van der Waals surface area contributed by atoms with Gasteiger partial charge < -0.3 is 11.1 Å². The van der Waals surface area contributed by atoms with E-state index in [4.69, 9.17) is 5.73 Å². The van der Waals surface area contributed by atoms with Crippen LogP contribution in [0.5, 0.6) is 0 Å². The molecular weight excluding hydrogens is 280 g/mol. The Morgan fingerprint density at radius 2 is 2.29 bits per heavy atom. The number of nitrogens with one attached hydrogen (secondary N) is 1. The molecule has 0 spiro atoms. The van der Waals surface area contributed by atoms with E-state index in [9.17, 15) is 0 Å². The quantitative estimate of drug-likeness (QED) is 0.853. The maximum absolute atomic E-state index is 5.87. The lowest BCUT2D eigenvalue weighted by Gasteiger charge is -2.09. The van der Waals surface area contributed by atoms with Crippen molar-refractivity contribution < 1.29 is 0 Å². The highest BCUT2D eigenvalue weighted by Crippen LogP contribution is 2.22. The number of nitrogens with zero attached hydrogens (tertiary/aromatic N) is 2. The maximum atomic E-state index is 5.87. The number of aromatic nitrogens is 2. The summed E-state index contributed by atoms with van der Waals surface area (Å²) in [4.78, 5) is 0. The van der Waals surface area contributed by atoms with E-state index in [2.05, 4.69) is 26.3 Å². The summed E-state index contributed by atoms with van der Waals surface area (Å²) in [5.74, 6) is 0. The first-order chi connectivity index (χ1) is 8.15. The van der Waals surface area contributed by atoms with Crippen LogP contribution < -0.4 is 11.1 Å². The van der Waals surface area contributed by atoms with Gasteiger partial charge in [0, 0.05) is 17.2 Å². The average Bonchev–Trinajstić information content (AvgIpc) is 2.69. The Morgan fingerprint density at radius 3 is 3.00 bits per heavy atom. The van der Waals surface area contributed by atoms with Gasteiger partial charge in [0.1, 0.15) is 0 Å². The molecule has 0 fully saturated rings. The number of aryl methyl sites for hydroxylation is 1. The van der Waals surface area contributed by atoms with Crippen LogP contribution >= 0.6 is 15.9 Å². The van der Waals surface area contributed by atoms with Gasteiger partial charge in [-0.15, -0.1) is 0 Å². The molecule has 90 valence electrons. The predicted octanol–water partition coefficient (Wildman–Crippen LogP) is 2.65. The third-order valence-corrected chi connectivity index (χ3v) is 2.93. The molecule has 0 bridgehead atoms. The number of benzene rings is 1. The molecule has 0 radical (unpaired) electrons. The first-order valence-electron chi connectivity index (χ1n) is 5.43. The van der Waals surface area contributed by atoms with Gasteiger partial charge in [0.25, 0.3) is 0 Å². The Kier molecular flexibility index (Phi) is 3.68. The molecular formula is C12H15BrN4. The normalized spacial score (nSPS) is 10.5. The Morgan fingerprint density at radius 1 is 1.47 bits per heavy atom. The molecule has 1 aromatic heterocycles. The summed E-state index contributed by atoms with van der Waals surface area (Å²) in [6.45, 7) is 3.64. The molecule has 0 unspecified atom stereocenters. The number of rotatable bonds is 4. The molecule has 0 aliphatic carbocycles. The zero-order chi connectivity index (χ0) is 12.3. The Labute approximate surface area is 109 Å². The second-order valence-corrected chi connectivity index (χ2v) is 4.85. The summed E-state index contributed by atoms with van der Waals surface area (Å²) < 4.78 is 2.93. The first kappa shape index (κ1) is 12.0. The number of hydrogen-bond acceptors (Lipinski definition) is 3. The van der Waals surface area contributed by atoms with Crippen molar-refractivity contribution in [2.24, 2.45) is 0 Å². The largest absolute Gasteiger partial charge is 0.397 e. The standard InChI is InChI=1S/C12H15BrN4/c1-9-7-16-17(8-9)5-4-15-12-6-10(13)2-3-11(12)14/h2-3,6-8,15H,4-5,14H2,1H3. The lowest BCUT2D eigenvalue weighted by atomic mass is 10.3. The van der Waals surface area contributed by atoms with E-state index in [0.29, 0.717) is 0 Å². The number of halogens is 1. The lowest BCUT2D eigenvalue weighted by Crippen LogP contribution is -2.11. The van der Waals surface area contributed by atoms with E-state index < -0.39 is 0 Å². The van der Waals surface area contributed by atoms with E-state index in [0.717, 1.165) is 28.9 Å². The van der Waals surface area contributed by atoms with Crippen molar-refractivity contribution in [1.29, 1.82) is 0 Å². The number of hydrogen-bond donors (Lipinski definition) is 2. The van der Waals surface area contributed by atoms with Gasteiger partial charge in [-0.2, -0.15) is 5.10 Å². The minimum atomic E-state index is 0.754. The van der Waals surface area contributed by atoms with E-state index in [1.54, 1.807) is 0 Å². The molecule has 2 rings (SSSR count). The van der Waals surface area contributed by atoms with Crippen LogP contribution in [0, 0.1) is 6.92 Å². The van der Waals surface area contributed by atoms with Crippen LogP contribution in [-0.4, -0.2) is 16.3 Å². The zero-order valence-electron chi connectivity index (χ0n) is 9.65. The highest BCUT2D eigenvalue weighted by Gasteiger charge is 1.99. The number of nitrogens with two attached hydrogens (primary N) is 1. The first-order valence-corrected chi connectivity index (χ1v) is 6.22. The Hall–Kier alpha value is -1.49. The summed E-state index contributed by atoms with van der Waals surface area (Å²) in [5.41, 5.74) is 8.74. The molecule has 17 heavy (non-hydrogen) atoms. The van der Waals surface area contributed by atoms with E-state index >= 15 is 0 Å². The van der Waals surface area contributed by atoms with Crippen LogP contribution in [0.15, 0.2) is 35.1 Å². The molecule has 0 aliphatic heterocycles. The second kappa shape index (κ2) is 5.23. The van der Waals surface area contributed by atoms with Crippen LogP contribution in [-0.2, 0) is 6.54 Å². The van der Waals surface area contributed by atoms with Gasteiger partial charge in [0.05, 0.1) is 24.1 Å². The van der Waals surface area contributed by atoms with Gasteiger partial charge in [-0.25, -0.2) is 0 Å². The monoisotopic (exact) mass is 294 g/mol. The molecule has 1 heterocycles. The second-order valence-electron chi connectivity index (χ2n) is 3.94. The van der Waals surface area contributed by atoms with Gasteiger partial charge in [-0.1, -0.05) is 15.9 Å². The maximum Gasteiger partial charge on any atom is 0.0585 e. The molecule has 0 amide bonds. The third-order valence-electron chi connectivity index (χ3n) is 2.43. The van der Waals surface area contributed by atoms with Gasteiger partial charge in [0.15, 0.2) is 0 Å². The molecule has 0 atom stereocenters. The minimum absolute atomic E-state index is 0.754. The van der Waals surface area contributed by atoms with E-state index in [1.165, 1.54) is 5.56 Å². The molecule has 0 aliphatic rings. The molecule has 2 aromatic rings. The topological polar surface area (TPSA) is 55.9 Å². The lowest BCUT2D eigenvalue weighted by molar-refractivity contribution is 0.637. The van der Waals surface area contributed by atoms with Crippen molar-refractivity contribution in [2.45, 2.75) is 13.5 Å². The summed E-state index contributed by atoms with van der Waals surface area (Å²) in [7, 11) is 0. The number of nitrogen functional groups attached to an aromatic ring is 1. The molecule has 1 aromatic carbocycles. The summed E-state index contributed by atoms with van der Waals surface area (Å²) in [6, 6.07) is 5.78. The highest BCUT2D eigenvalue weighted by molar-refractivity contribution is 9.10. The van der Waals surface area contributed by atoms with Gasteiger partial charge in [0.2, 0.25) is 0 Å². The molecule has 3 N–H and O–H groups in total. The Bertz CT molecular complexity index is 507. The number of anilines is 2. The average molecular weight is 295 g/mol. The Balaban J connectivity index is 1.91. The fourth-order valence-electron chi connectivity index (χ4n) is 1.58.